The van der Waals surface area contributed by atoms with Crippen LogP contribution in [-0.4, -0.2) is 24.0 Å². The molecule has 0 spiro atoms. The smallest absolute Gasteiger partial charge is 0.307 e. The van der Waals surface area contributed by atoms with Gasteiger partial charge in [0.1, 0.15) is 11.9 Å². The minimum atomic E-state index is -0.881. The maximum Gasteiger partial charge on any atom is 0.307 e. The largest absolute Gasteiger partial charge is 0.490 e. The van der Waals surface area contributed by atoms with Crippen molar-refractivity contribution in [3.8, 4) is 17.2 Å². The quantitative estimate of drug-likeness (QED) is 0.842. The summed E-state index contributed by atoms with van der Waals surface area (Å²) in [5, 5.41) is 8.59. The Balaban J connectivity index is 2.02. The maximum atomic E-state index is 10.5. The Hall–Kier alpha value is -1.91. The summed E-state index contributed by atoms with van der Waals surface area (Å²) in [6.07, 6.45) is -0.410. The summed E-state index contributed by atoms with van der Waals surface area (Å²) in [6.45, 7) is 1.92. The van der Waals surface area contributed by atoms with E-state index in [-0.39, 0.29) is 19.3 Å². The second kappa shape index (κ2) is 4.30. The second-order valence-corrected chi connectivity index (χ2v) is 3.54. The van der Waals surface area contributed by atoms with Crippen LogP contribution in [0.1, 0.15) is 13.3 Å². The van der Waals surface area contributed by atoms with Gasteiger partial charge >= 0.3 is 5.97 Å². The van der Waals surface area contributed by atoms with Gasteiger partial charge in [-0.1, -0.05) is 0 Å². The number of rotatable bonds is 4. The number of carboxylic acid groups (broad SMARTS) is 1. The fourth-order valence-corrected chi connectivity index (χ4v) is 1.47. The molecule has 2 rings (SSSR count). The molecule has 5 heteroatoms. The average Bonchev–Trinajstić information content (AvgIpc) is 2.63. The Morgan fingerprint density at radius 1 is 1.50 bits per heavy atom. The van der Waals surface area contributed by atoms with Crippen molar-refractivity contribution in [2.24, 2.45) is 0 Å². The molecule has 1 aliphatic heterocycles. The first kappa shape index (κ1) is 10.6. The molecule has 0 radical (unpaired) electrons. The molecular formula is C11H12O5. The molecule has 1 aromatic rings. The molecule has 1 N–H and O–H groups in total. The van der Waals surface area contributed by atoms with Crippen molar-refractivity contribution in [2.75, 3.05) is 6.79 Å². The molecule has 1 aliphatic rings. The number of carboxylic acids is 1. The number of ether oxygens (including phenoxy) is 3. The zero-order valence-corrected chi connectivity index (χ0v) is 8.80. The highest BCUT2D eigenvalue weighted by Gasteiger charge is 2.15. The van der Waals surface area contributed by atoms with E-state index in [9.17, 15) is 4.79 Å². The monoisotopic (exact) mass is 224 g/mol. The van der Waals surface area contributed by atoms with Gasteiger partial charge in [-0.05, 0) is 19.1 Å². The van der Waals surface area contributed by atoms with Crippen molar-refractivity contribution in [1.82, 2.24) is 0 Å². The van der Waals surface area contributed by atoms with E-state index < -0.39 is 5.97 Å². The highest BCUT2D eigenvalue weighted by molar-refractivity contribution is 5.67. The van der Waals surface area contributed by atoms with Crippen LogP contribution in [0.15, 0.2) is 18.2 Å². The number of fused-ring (bicyclic) bond motifs is 1. The lowest BCUT2D eigenvalue weighted by Gasteiger charge is -2.12. The maximum absolute atomic E-state index is 10.5. The number of carbonyl (C=O) groups is 1. The lowest BCUT2D eigenvalue weighted by molar-refractivity contribution is -0.138. The summed E-state index contributed by atoms with van der Waals surface area (Å²) >= 11 is 0. The lowest BCUT2D eigenvalue weighted by atomic mass is 10.2. The van der Waals surface area contributed by atoms with Crippen LogP contribution < -0.4 is 14.2 Å². The van der Waals surface area contributed by atoms with Crippen LogP contribution in [0, 0.1) is 0 Å². The van der Waals surface area contributed by atoms with E-state index in [0.717, 1.165) is 0 Å². The normalized spacial score (nSPS) is 14.6. The number of hydrogen-bond acceptors (Lipinski definition) is 4. The van der Waals surface area contributed by atoms with Gasteiger partial charge in [-0.3, -0.25) is 4.79 Å². The van der Waals surface area contributed by atoms with E-state index in [2.05, 4.69) is 0 Å². The van der Waals surface area contributed by atoms with Crippen molar-refractivity contribution < 1.29 is 24.1 Å². The molecule has 86 valence electrons. The van der Waals surface area contributed by atoms with Crippen LogP contribution in [0.3, 0.4) is 0 Å². The van der Waals surface area contributed by atoms with Crippen molar-refractivity contribution in [3.05, 3.63) is 18.2 Å². The molecule has 1 heterocycles. The molecule has 0 amide bonds. The Bertz CT molecular complexity index is 401. The Morgan fingerprint density at radius 2 is 2.25 bits per heavy atom. The third-order valence-electron chi connectivity index (χ3n) is 2.14. The van der Waals surface area contributed by atoms with Gasteiger partial charge in [-0.25, -0.2) is 0 Å². The van der Waals surface area contributed by atoms with E-state index in [1.165, 1.54) is 0 Å². The molecule has 0 fully saturated rings. The van der Waals surface area contributed by atoms with Gasteiger partial charge in [0.05, 0.1) is 6.42 Å². The second-order valence-electron chi connectivity index (χ2n) is 3.54. The fraction of sp³-hybridized carbons (Fsp3) is 0.364. The predicted octanol–water partition coefficient (Wildman–Crippen LogP) is 1.66. The van der Waals surface area contributed by atoms with E-state index in [0.29, 0.717) is 17.2 Å². The molecule has 1 atom stereocenters. The first-order chi connectivity index (χ1) is 7.65. The van der Waals surface area contributed by atoms with E-state index >= 15 is 0 Å². The first-order valence-electron chi connectivity index (χ1n) is 4.93. The molecule has 0 saturated heterocycles. The molecule has 16 heavy (non-hydrogen) atoms. The molecule has 0 unspecified atom stereocenters. The summed E-state index contributed by atoms with van der Waals surface area (Å²) in [7, 11) is 0. The standard InChI is InChI=1S/C11H12O5/c1-7(4-11(12)13)16-8-2-3-9-10(5-8)15-6-14-9/h2-3,5,7H,4,6H2,1H3,(H,12,13)/t7-/m1/s1. The summed E-state index contributed by atoms with van der Waals surface area (Å²) in [4.78, 5) is 10.5. The predicted molar refractivity (Wildman–Crippen MR) is 54.9 cm³/mol. The highest BCUT2D eigenvalue weighted by atomic mass is 16.7. The molecule has 0 aromatic heterocycles. The van der Waals surface area contributed by atoms with Gasteiger partial charge in [-0.2, -0.15) is 0 Å². The van der Waals surface area contributed by atoms with E-state index in [1.807, 2.05) is 0 Å². The summed E-state index contributed by atoms with van der Waals surface area (Å²) in [5.41, 5.74) is 0. The molecule has 5 nitrogen and oxygen atoms in total. The van der Waals surface area contributed by atoms with Gasteiger partial charge in [0.2, 0.25) is 6.79 Å². The molecule has 0 bridgehead atoms. The van der Waals surface area contributed by atoms with Crippen molar-refractivity contribution in [3.63, 3.8) is 0 Å². The zero-order chi connectivity index (χ0) is 11.5. The number of aliphatic carboxylic acids is 1. The van der Waals surface area contributed by atoms with Crippen LogP contribution >= 0.6 is 0 Å². The molecule has 1 aromatic carbocycles. The third kappa shape index (κ3) is 2.36. The van der Waals surface area contributed by atoms with Gasteiger partial charge in [0.25, 0.3) is 0 Å². The van der Waals surface area contributed by atoms with Gasteiger partial charge < -0.3 is 19.3 Å². The SMILES string of the molecule is C[C@H](CC(=O)O)Oc1ccc2c(c1)OCO2. The van der Waals surface area contributed by atoms with Crippen LogP contribution in [0.25, 0.3) is 0 Å². The van der Waals surface area contributed by atoms with Crippen molar-refractivity contribution in [1.29, 1.82) is 0 Å². The Morgan fingerprint density at radius 3 is 3.00 bits per heavy atom. The Kier molecular flexibility index (Phi) is 2.85. The summed E-state index contributed by atoms with van der Waals surface area (Å²) in [6, 6.07) is 5.16. The zero-order valence-electron chi connectivity index (χ0n) is 8.80. The van der Waals surface area contributed by atoms with Gasteiger partial charge in [-0.15, -0.1) is 0 Å². The van der Waals surface area contributed by atoms with E-state index in [4.69, 9.17) is 19.3 Å². The third-order valence-corrected chi connectivity index (χ3v) is 2.14. The van der Waals surface area contributed by atoms with Crippen LogP contribution in [0.4, 0.5) is 0 Å². The average molecular weight is 224 g/mol. The van der Waals surface area contributed by atoms with Crippen LogP contribution in [0.2, 0.25) is 0 Å². The lowest BCUT2D eigenvalue weighted by Crippen LogP contribution is -2.16. The number of hydrogen-bond donors (Lipinski definition) is 1. The van der Waals surface area contributed by atoms with Crippen molar-refractivity contribution in [2.45, 2.75) is 19.4 Å². The fourth-order valence-electron chi connectivity index (χ4n) is 1.47. The Labute approximate surface area is 92.5 Å². The van der Waals surface area contributed by atoms with Crippen molar-refractivity contribution >= 4 is 5.97 Å². The first-order valence-corrected chi connectivity index (χ1v) is 4.93. The van der Waals surface area contributed by atoms with E-state index in [1.54, 1.807) is 25.1 Å². The minimum Gasteiger partial charge on any atom is -0.490 e. The molecular weight excluding hydrogens is 212 g/mol. The topological polar surface area (TPSA) is 65.0 Å². The minimum absolute atomic E-state index is 0.0333. The summed E-state index contributed by atoms with van der Waals surface area (Å²) < 4.78 is 15.8. The highest BCUT2D eigenvalue weighted by Crippen LogP contribution is 2.35. The molecule has 0 saturated carbocycles. The van der Waals surface area contributed by atoms with Crippen LogP contribution in [-0.2, 0) is 4.79 Å². The van der Waals surface area contributed by atoms with Gasteiger partial charge in [0, 0.05) is 6.07 Å². The van der Waals surface area contributed by atoms with Crippen LogP contribution in [0.5, 0.6) is 17.2 Å². The molecule has 0 aliphatic carbocycles. The number of benzene rings is 1. The summed E-state index contributed by atoms with van der Waals surface area (Å²) in [5.74, 6) is 1.00. The van der Waals surface area contributed by atoms with Gasteiger partial charge in [0.15, 0.2) is 11.5 Å².